The van der Waals surface area contributed by atoms with Crippen LogP contribution in [0.3, 0.4) is 0 Å². The molecule has 0 spiro atoms. The number of nitrogens with zero attached hydrogens (tertiary/aromatic N) is 2. The van der Waals surface area contributed by atoms with Crippen molar-refractivity contribution in [2.45, 2.75) is 49.6 Å². The summed E-state index contributed by atoms with van der Waals surface area (Å²) in [5.41, 5.74) is 1.40. The van der Waals surface area contributed by atoms with Crippen LogP contribution in [0.25, 0.3) is 10.9 Å². The molecule has 1 aromatic heterocycles. The minimum absolute atomic E-state index is 0.161. The van der Waals surface area contributed by atoms with Crippen LogP contribution in [0, 0.1) is 11.8 Å². The van der Waals surface area contributed by atoms with E-state index in [1.54, 1.807) is 26.5 Å². The van der Waals surface area contributed by atoms with Crippen LogP contribution in [0.1, 0.15) is 50.3 Å². The zero-order valence-corrected chi connectivity index (χ0v) is 23.7. The van der Waals surface area contributed by atoms with Crippen LogP contribution in [0.4, 0.5) is 4.39 Å². The van der Waals surface area contributed by atoms with Gasteiger partial charge in [-0.2, -0.15) is 0 Å². The van der Waals surface area contributed by atoms with Crippen molar-refractivity contribution >= 4 is 28.6 Å². The summed E-state index contributed by atoms with van der Waals surface area (Å²) < 4.78 is 26.2. The molecule has 1 aliphatic heterocycles. The van der Waals surface area contributed by atoms with Gasteiger partial charge in [-0.1, -0.05) is 6.07 Å². The second kappa shape index (κ2) is 14.5. The number of rotatable bonds is 14. The highest BCUT2D eigenvalue weighted by Gasteiger charge is 2.30. The largest absolute Gasteiger partial charge is 0.497 e. The molecule has 210 valence electrons. The Hall–Kier alpha value is -2.84. The van der Waals surface area contributed by atoms with Crippen molar-refractivity contribution in [3.05, 3.63) is 60.3 Å². The number of carboxylic acids is 1. The van der Waals surface area contributed by atoms with Crippen molar-refractivity contribution in [3.63, 3.8) is 0 Å². The molecule has 1 fully saturated rings. The predicted molar refractivity (Wildman–Crippen MR) is 155 cm³/mol. The molecule has 3 atom stereocenters. The first-order valence-corrected chi connectivity index (χ1v) is 14.7. The maximum Gasteiger partial charge on any atom is 0.303 e. The second-order valence-electron chi connectivity index (χ2n) is 10.3. The van der Waals surface area contributed by atoms with Gasteiger partial charge in [0.1, 0.15) is 17.7 Å². The smallest absolute Gasteiger partial charge is 0.303 e. The molecule has 3 aromatic rings. The fourth-order valence-corrected chi connectivity index (χ4v) is 6.49. The molecule has 0 radical (unpaired) electrons. The van der Waals surface area contributed by atoms with Gasteiger partial charge in [0, 0.05) is 29.4 Å². The lowest BCUT2D eigenvalue weighted by atomic mass is 9.79. The van der Waals surface area contributed by atoms with Crippen LogP contribution >= 0.6 is 11.8 Å². The highest BCUT2D eigenvalue weighted by Crippen LogP contribution is 2.36. The molecule has 1 N–H and O–H groups in total. The second-order valence-corrected chi connectivity index (χ2v) is 11.4. The van der Waals surface area contributed by atoms with Crippen molar-refractivity contribution in [3.8, 4) is 11.5 Å². The maximum absolute atomic E-state index is 15.6. The van der Waals surface area contributed by atoms with E-state index < -0.39 is 12.1 Å². The molecule has 1 saturated heterocycles. The topological polar surface area (TPSA) is 71.9 Å². The van der Waals surface area contributed by atoms with E-state index in [9.17, 15) is 9.90 Å². The summed E-state index contributed by atoms with van der Waals surface area (Å²) in [4.78, 5) is 19.4. The Kier molecular flexibility index (Phi) is 10.9. The molecule has 4 rings (SSSR count). The van der Waals surface area contributed by atoms with Crippen LogP contribution < -0.4 is 9.47 Å². The maximum atomic E-state index is 15.6. The first kappa shape index (κ1) is 29.2. The van der Waals surface area contributed by atoms with E-state index in [1.165, 1.54) is 4.90 Å². The van der Waals surface area contributed by atoms with Crippen LogP contribution in [0.5, 0.6) is 11.5 Å². The van der Waals surface area contributed by atoms with E-state index in [2.05, 4.69) is 22.0 Å². The molecule has 0 saturated carbocycles. The Morgan fingerprint density at radius 1 is 1.13 bits per heavy atom. The Morgan fingerprint density at radius 3 is 2.74 bits per heavy atom. The van der Waals surface area contributed by atoms with E-state index in [4.69, 9.17) is 9.47 Å². The van der Waals surface area contributed by atoms with Gasteiger partial charge in [-0.3, -0.25) is 9.78 Å². The number of methoxy groups -OCH3 is 2. The number of piperidine rings is 1. The number of fused-ring (bicyclic) bond motifs is 1. The summed E-state index contributed by atoms with van der Waals surface area (Å²) in [5, 5.41) is 10.1. The Labute approximate surface area is 234 Å². The van der Waals surface area contributed by atoms with E-state index >= 15 is 4.39 Å². The van der Waals surface area contributed by atoms with Crippen LogP contribution in [-0.4, -0.2) is 60.6 Å². The molecule has 0 bridgehead atoms. The van der Waals surface area contributed by atoms with Crippen LogP contribution in [-0.2, 0) is 4.79 Å². The Bertz CT molecular complexity index is 1230. The van der Waals surface area contributed by atoms with Crippen LogP contribution in [0.2, 0.25) is 0 Å². The lowest BCUT2D eigenvalue weighted by Crippen LogP contribution is -2.41. The number of thioether (sulfide) groups is 1. The van der Waals surface area contributed by atoms with Gasteiger partial charge in [-0.25, -0.2) is 4.39 Å². The molecular formula is C31H39FN2O4S. The summed E-state index contributed by atoms with van der Waals surface area (Å²) >= 11 is 1.83. The van der Waals surface area contributed by atoms with Gasteiger partial charge < -0.3 is 19.5 Å². The number of hydrogen-bond donors (Lipinski definition) is 1. The summed E-state index contributed by atoms with van der Waals surface area (Å²) in [5.74, 6) is 2.40. The number of carboxylic acid groups (broad SMARTS) is 1. The SMILES string of the molecule is COc1cccc(SCCCN2CC[C@@H](CCC(F)c3ccnc4ccc(OC)cc34)[C@@H](CCC(=O)O)C2)c1. The molecule has 0 aliphatic carbocycles. The number of pyridine rings is 1. The molecule has 0 amide bonds. The number of ether oxygens (including phenoxy) is 2. The van der Waals surface area contributed by atoms with Gasteiger partial charge in [0.15, 0.2) is 0 Å². The lowest BCUT2D eigenvalue weighted by Gasteiger charge is -2.39. The highest BCUT2D eigenvalue weighted by atomic mass is 32.2. The van der Waals surface area contributed by atoms with E-state index in [0.717, 1.165) is 61.3 Å². The van der Waals surface area contributed by atoms with Crippen molar-refractivity contribution in [2.75, 3.05) is 39.6 Å². The third kappa shape index (κ3) is 8.32. The normalized spacial score (nSPS) is 18.6. The van der Waals surface area contributed by atoms with Gasteiger partial charge >= 0.3 is 5.97 Å². The summed E-state index contributed by atoms with van der Waals surface area (Å²) in [7, 11) is 3.29. The fraction of sp³-hybridized carbons (Fsp3) is 0.484. The average Bonchev–Trinajstić information content (AvgIpc) is 2.96. The fourth-order valence-electron chi connectivity index (χ4n) is 5.61. The summed E-state index contributed by atoms with van der Waals surface area (Å²) in [6, 6.07) is 15.4. The molecule has 2 aromatic carbocycles. The third-order valence-electron chi connectivity index (χ3n) is 7.74. The van der Waals surface area contributed by atoms with Gasteiger partial charge in [0.2, 0.25) is 0 Å². The highest BCUT2D eigenvalue weighted by molar-refractivity contribution is 7.99. The van der Waals surface area contributed by atoms with Crippen LogP contribution in [0.15, 0.2) is 59.6 Å². The van der Waals surface area contributed by atoms with E-state index in [1.807, 2.05) is 42.1 Å². The third-order valence-corrected chi connectivity index (χ3v) is 8.82. The molecule has 1 aliphatic rings. The molecule has 6 nitrogen and oxygen atoms in total. The average molecular weight is 555 g/mol. The zero-order chi connectivity index (χ0) is 27.6. The first-order valence-electron chi connectivity index (χ1n) is 13.7. The number of likely N-dealkylation sites (tertiary alicyclic amines) is 1. The molecule has 39 heavy (non-hydrogen) atoms. The molecular weight excluding hydrogens is 515 g/mol. The van der Waals surface area contributed by atoms with E-state index in [-0.39, 0.29) is 12.3 Å². The molecule has 8 heteroatoms. The standard InChI is InChI=1S/C31H39FN2O4S/c1-37-24-5-3-6-26(19-24)39-18-4-16-34-17-14-22(23(21-34)8-12-31(35)36)7-10-29(32)27-13-15-33-30-11-9-25(38-2)20-28(27)30/h3,5-6,9,11,13,15,19-20,22-23,29H,4,7-8,10,12,14,16-18,21H2,1-2H3,(H,35,36)/t22-,23+,29?/m1/s1. The van der Waals surface area contributed by atoms with Crippen molar-refractivity contribution < 1.29 is 23.8 Å². The number of alkyl halides is 1. The van der Waals surface area contributed by atoms with Crippen molar-refractivity contribution in [2.24, 2.45) is 11.8 Å². The van der Waals surface area contributed by atoms with Gasteiger partial charge in [-0.05, 0) is 111 Å². The number of carbonyl (C=O) groups is 1. The zero-order valence-electron chi connectivity index (χ0n) is 22.9. The minimum atomic E-state index is -1.10. The monoisotopic (exact) mass is 554 g/mol. The Morgan fingerprint density at radius 2 is 1.95 bits per heavy atom. The quantitative estimate of drug-likeness (QED) is 0.169. The molecule has 2 heterocycles. The number of aromatic nitrogens is 1. The predicted octanol–water partition coefficient (Wildman–Crippen LogP) is 7.03. The van der Waals surface area contributed by atoms with Gasteiger partial charge in [-0.15, -0.1) is 11.8 Å². The minimum Gasteiger partial charge on any atom is -0.497 e. The lowest BCUT2D eigenvalue weighted by molar-refractivity contribution is -0.137. The Balaban J connectivity index is 1.31. The van der Waals surface area contributed by atoms with Gasteiger partial charge in [0.05, 0.1) is 19.7 Å². The van der Waals surface area contributed by atoms with Gasteiger partial charge in [0.25, 0.3) is 0 Å². The molecule has 1 unspecified atom stereocenters. The number of aliphatic carboxylic acids is 1. The number of hydrogen-bond acceptors (Lipinski definition) is 6. The first-order chi connectivity index (χ1) is 19.0. The van der Waals surface area contributed by atoms with Crippen molar-refractivity contribution in [1.29, 1.82) is 0 Å². The number of halogens is 1. The number of benzene rings is 2. The summed E-state index contributed by atoms with van der Waals surface area (Å²) in [6.45, 7) is 2.85. The van der Waals surface area contributed by atoms with Crippen molar-refractivity contribution in [1.82, 2.24) is 9.88 Å². The summed E-state index contributed by atoms with van der Waals surface area (Å²) in [6.07, 6.45) is 4.57. The van der Waals surface area contributed by atoms with E-state index in [0.29, 0.717) is 30.1 Å².